The number of nitrogens with one attached hydrogen (secondary N) is 2. The Hall–Kier alpha value is -1.85. The highest BCUT2D eigenvalue weighted by molar-refractivity contribution is 6.35. The fourth-order valence-electron chi connectivity index (χ4n) is 4.30. The number of amides is 2. The number of pyridine rings is 1. The zero-order valence-corrected chi connectivity index (χ0v) is 14.0. The molecule has 5 atom stereocenters. The highest BCUT2D eigenvalue weighted by atomic mass is 35.5. The first-order valence-electron chi connectivity index (χ1n) is 8.39. The number of nitrogens with zero attached hydrogens (tertiary/aromatic N) is 1. The Labute approximate surface area is 144 Å². The first kappa shape index (κ1) is 14.5. The zero-order valence-electron chi connectivity index (χ0n) is 13.3. The van der Waals surface area contributed by atoms with Crippen LogP contribution in [0.5, 0.6) is 0 Å². The van der Waals surface area contributed by atoms with E-state index >= 15 is 0 Å². The summed E-state index contributed by atoms with van der Waals surface area (Å²) >= 11 is 6.20. The number of aromatic nitrogens is 1. The van der Waals surface area contributed by atoms with Crippen LogP contribution in [0, 0.1) is 18.8 Å². The average molecular weight is 344 g/mol. The van der Waals surface area contributed by atoms with Crippen LogP contribution in [0.2, 0.25) is 5.02 Å². The zero-order chi connectivity index (χ0) is 16.4. The monoisotopic (exact) mass is 343 g/mol. The van der Waals surface area contributed by atoms with Gasteiger partial charge in [0.2, 0.25) is 0 Å². The molecule has 5 rings (SSSR count). The molecule has 1 saturated carbocycles. The van der Waals surface area contributed by atoms with Crippen LogP contribution in [0.4, 0.5) is 10.6 Å². The standard InChI is InChI=1S/C18H18ClN3O2/c1-8-2-4-12(19)9-3-5-15(21-16(8)9)22-18(23)20-13-7-14-10-6-11(10)17(13)24-14/h2-5,10-11,13-14,17H,6-7H2,1H3,(H2,20,21,22,23)/t10-,11+,13-,14+,17+/m1/s1. The van der Waals surface area contributed by atoms with Crippen LogP contribution < -0.4 is 10.6 Å². The van der Waals surface area contributed by atoms with E-state index in [9.17, 15) is 4.79 Å². The van der Waals surface area contributed by atoms with Crippen LogP contribution in [0.1, 0.15) is 18.4 Å². The second kappa shape index (κ2) is 5.07. The number of hydrogen-bond donors (Lipinski definition) is 2. The molecule has 2 N–H and O–H groups in total. The van der Waals surface area contributed by atoms with Crippen molar-refractivity contribution in [1.29, 1.82) is 0 Å². The van der Waals surface area contributed by atoms with Gasteiger partial charge in [0.1, 0.15) is 5.82 Å². The maximum absolute atomic E-state index is 12.3. The van der Waals surface area contributed by atoms with Gasteiger partial charge in [0.05, 0.1) is 23.8 Å². The Balaban J connectivity index is 1.31. The number of anilines is 1. The molecule has 0 radical (unpaired) electrons. The first-order valence-corrected chi connectivity index (χ1v) is 8.77. The van der Waals surface area contributed by atoms with Gasteiger partial charge in [-0.3, -0.25) is 5.32 Å². The molecule has 2 aliphatic heterocycles. The van der Waals surface area contributed by atoms with Crippen molar-refractivity contribution < 1.29 is 9.53 Å². The van der Waals surface area contributed by atoms with Crippen LogP contribution in [0.25, 0.3) is 10.9 Å². The number of carbonyl (C=O) groups is 1. The van der Waals surface area contributed by atoms with Gasteiger partial charge < -0.3 is 10.1 Å². The molecule has 1 aromatic heterocycles. The summed E-state index contributed by atoms with van der Waals surface area (Å²) < 4.78 is 5.91. The Morgan fingerprint density at radius 3 is 2.92 bits per heavy atom. The number of rotatable bonds is 2. The van der Waals surface area contributed by atoms with Crippen molar-refractivity contribution in [1.82, 2.24) is 10.3 Å². The highest BCUT2D eigenvalue weighted by Gasteiger charge is 2.62. The van der Waals surface area contributed by atoms with Gasteiger partial charge in [-0.2, -0.15) is 0 Å². The summed E-state index contributed by atoms with van der Waals surface area (Å²) in [5.41, 5.74) is 1.84. The molecule has 1 aliphatic carbocycles. The molecule has 2 bridgehead atoms. The maximum Gasteiger partial charge on any atom is 0.320 e. The van der Waals surface area contributed by atoms with Crippen LogP contribution >= 0.6 is 11.6 Å². The lowest BCUT2D eigenvalue weighted by molar-refractivity contribution is 0.0668. The third kappa shape index (κ3) is 2.19. The number of ether oxygens (including phenoxy) is 1. The minimum absolute atomic E-state index is 0.121. The van der Waals surface area contributed by atoms with Gasteiger partial charge in [0.25, 0.3) is 0 Å². The van der Waals surface area contributed by atoms with Crippen LogP contribution in [0.15, 0.2) is 24.3 Å². The fraction of sp³-hybridized carbons (Fsp3) is 0.444. The summed E-state index contributed by atoms with van der Waals surface area (Å²) in [6.07, 6.45) is 2.76. The van der Waals surface area contributed by atoms with Crippen molar-refractivity contribution in [2.75, 3.05) is 5.32 Å². The van der Waals surface area contributed by atoms with Gasteiger partial charge in [0, 0.05) is 10.4 Å². The number of halogens is 1. The second-order valence-electron chi connectivity index (χ2n) is 7.10. The van der Waals surface area contributed by atoms with Crippen molar-refractivity contribution in [3.05, 3.63) is 34.9 Å². The minimum atomic E-state index is -0.222. The topological polar surface area (TPSA) is 63.2 Å². The van der Waals surface area contributed by atoms with Crippen molar-refractivity contribution in [3.8, 4) is 0 Å². The molecule has 2 amide bonds. The number of hydrogen-bond acceptors (Lipinski definition) is 3. The number of benzene rings is 1. The molecule has 0 spiro atoms. The molecule has 3 heterocycles. The Morgan fingerprint density at radius 1 is 1.25 bits per heavy atom. The lowest BCUT2D eigenvalue weighted by Crippen LogP contribution is -2.44. The molecule has 3 aliphatic rings. The minimum Gasteiger partial charge on any atom is -0.372 e. The van der Waals surface area contributed by atoms with Crippen LogP contribution in [-0.4, -0.2) is 29.3 Å². The number of fused-ring (bicyclic) bond motifs is 6. The summed E-state index contributed by atoms with van der Waals surface area (Å²) in [6, 6.07) is 7.36. The lowest BCUT2D eigenvalue weighted by Gasteiger charge is -2.20. The Kier molecular flexibility index (Phi) is 3.06. The Morgan fingerprint density at radius 2 is 2.12 bits per heavy atom. The van der Waals surface area contributed by atoms with Crippen molar-refractivity contribution in [2.24, 2.45) is 11.8 Å². The summed E-state index contributed by atoms with van der Waals surface area (Å²) in [5, 5.41) is 7.44. The SMILES string of the molecule is Cc1ccc(Cl)c2ccc(NC(=O)N[C@@H]3C[C@@H]4O[C@H]3[C@H]3C[C@H]34)nc12. The molecule has 124 valence electrons. The summed E-state index contributed by atoms with van der Waals surface area (Å²) in [6.45, 7) is 1.98. The molecule has 5 nitrogen and oxygen atoms in total. The predicted octanol–water partition coefficient (Wildman–Crippen LogP) is 3.49. The highest BCUT2D eigenvalue weighted by Crippen LogP contribution is 2.58. The smallest absolute Gasteiger partial charge is 0.320 e. The molecule has 3 fully saturated rings. The summed E-state index contributed by atoms with van der Waals surface area (Å²) in [5.74, 6) is 1.95. The van der Waals surface area contributed by atoms with E-state index in [2.05, 4.69) is 15.6 Å². The maximum atomic E-state index is 12.3. The third-order valence-corrected chi connectivity index (χ3v) is 5.90. The molecule has 2 saturated heterocycles. The first-order chi connectivity index (χ1) is 11.6. The molecule has 0 unspecified atom stereocenters. The van der Waals surface area contributed by atoms with E-state index in [0.717, 1.165) is 28.8 Å². The van der Waals surface area contributed by atoms with E-state index in [-0.39, 0.29) is 18.2 Å². The van der Waals surface area contributed by atoms with E-state index in [1.54, 1.807) is 6.07 Å². The normalized spacial score (nSPS) is 32.7. The molecule has 2 aromatic rings. The van der Waals surface area contributed by atoms with Gasteiger partial charge in [-0.05, 0) is 55.4 Å². The van der Waals surface area contributed by atoms with Crippen LogP contribution in [-0.2, 0) is 4.74 Å². The van der Waals surface area contributed by atoms with E-state index in [1.807, 2.05) is 25.1 Å². The van der Waals surface area contributed by atoms with Gasteiger partial charge in [-0.25, -0.2) is 9.78 Å². The van der Waals surface area contributed by atoms with E-state index in [4.69, 9.17) is 16.3 Å². The van der Waals surface area contributed by atoms with Crippen molar-refractivity contribution >= 4 is 34.4 Å². The molecule has 24 heavy (non-hydrogen) atoms. The summed E-state index contributed by atoms with van der Waals surface area (Å²) in [7, 11) is 0. The lowest BCUT2D eigenvalue weighted by atomic mass is 9.96. The number of carbonyl (C=O) groups excluding carboxylic acids is 1. The fourth-order valence-corrected chi connectivity index (χ4v) is 4.52. The Bertz CT molecular complexity index is 856. The largest absolute Gasteiger partial charge is 0.372 e. The van der Waals surface area contributed by atoms with Crippen molar-refractivity contribution in [2.45, 2.75) is 38.0 Å². The molecular weight excluding hydrogens is 326 g/mol. The summed E-state index contributed by atoms with van der Waals surface area (Å²) in [4.78, 5) is 16.8. The number of urea groups is 1. The van der Waals surface area contributed by atoms with Gasteiger partial charge in [0.15, 0.2) is 0 Å². The van der Waals surface area contributed by atoms with Gasteiger partial charge >= 0.3 is 6.03 Å². The molecule has 6 heteroatoms. The van der Waals surface area contributed by atoms with Gasteiger partial charge in [-0.1, -0.05) is 17.7 Å². The average Bonchev–Trinajstić information content (AvgIpc) is 3.18. The molecular formula is C18H18ClN3O2. The van der Waals surface area contributed by atoms with Crippen LogP contribution in [0.3, 0.4) is 0 Å². The third-order valence-electron chi connectivity index (χ3n) is 5.57. The van der Waals surface area contributed by atoms with E-state index < -0.39 is 0 Å². The number of aryl methyl sites for hydroxylation is 1. The quantitative estimate of drug-likeness (QED) is 0.877. The predicted molar refractivity (Wildman–Crippen MR) is 92.3 cm³/mol. The van der Waals surface area contributed by atoms with Gasteiger partial charge in [-0.15, -0.1) is 0 Å². The van der Waals surface area contributed by atoms with Crippen molar-refractivity contribution in [3.63, 3.8) is 0 Å². The second-order valence-corrected chi connectivity index (χ2v) is 7.51. The molecule has 1 aromatic carbocycles. The van der Waals surface area contributed by atoms with E-state index in [0.29, 0.717) is 22.9 Å². The van der Waals surface area contributed by atoms with E-state index in [1.165, 1.54) is 6.42 Å².